The van der Waals surface area contributed by atoms with E-state index in [1.165, 1.54) is 12.1 Å². The summed E-state index contributed by atoms with van der Waals surface area (Å²) in [6.07, 6.45) is 0.677. The summed E-state index contributed by atoms with van der Waals surface area (Å²) in [5.41, 5.74) is 0. The smallest absolute Gasteiger partial charge is 0.261 e. The summed E-state index contributed by atoms with van der Waals surface area (Å²) in [6.45, 7) is 3.25. The van der Waals surface area contributed by atoms with Gasteiger partial charge in [-0.15, -0.1) is 12.4 Å². The van der Waals surface area contributed by atoms with Crippen molar-refractivity contribution in [3.63, 3.8) is 0 Å². The first-order valence-corrected chi connectivity index (χ1v) is 6.52. The molecule has 4 nitrogen and oxygen atoms in total. The molecule has 1 aromatic carbocycles. The molecule has 20 heavy (non-hydrogen) atoms. The molecule has 1 aromatic rings. The van der Waals surface area contributed by atoms with Crippen LogP contribution in [0.2, 0.25) is 0 Å². The fourth-order valence-electron chi connectivity index (χ4n) is 1.61. The van der Waals surface area contributed by atoms with Crippen molar-refractivity contribution >= 4 is 18.3 Å². The second-order valence-corrected chi connectivity index (χ2v) is 4.19. The van der Waals surface area contributed by atoms with Gasteiger partial charge in [-0.05, 0) is 38.6 Å². The number of rotatable bonds is 8. The van der Waals surface area contributed by atoms with Gasteiger partial charge in [-0.2, -0.15) is 0 Å². The number of amides is 1. The summed E-state index contributed by atoms with van der Waals surface area (Å²) < 4.78 is 18.8. The van der Waals surface area contributed by atoms with E-state index in [0.29, 0.717) is 13.0 Å². The minimum Gasteiger partial charge on any atom is -0.478 e. The van der Waals surface area contributed by atoms with E-state index in [2.05, 4.69) is 10.6 Å². The van der Waals surface area contributed by atoms with Gasteiger partial charge in [0.15, 0.2) is 17.7 Å². The molecule has 0 radical (unpaired) electrons. The molecule has 1 unspecified atom stereocenters. The normalized spacial score (nSPS) is 11.3. The predicted molar refractivity (Wildman–Crippen MR) is 79.9 cm³/mol. The molecule has 6 heteroatoms. The van der Waals surface area contributed by atoms with Crippen LogP contribution in [0.4, 0.5) is 4.39 Å². The lowest BCUT2D eigenvalue weighted by molar-refractivity contribution is -0.128. The van der Waals surface area contributed by atoms with E-state index in [1.807, 2.05) is 14.0 Å². The lowest BCUT2D eigenvalue weighted by Gasteiger charge is -2.17. The number of hydrogen-bond acceptors (Lipinski definition) is 3. The van der Waals surface area contributed by atoms with Crippen molar-refractivity contribution in [2.45, 2.75) is 25.9 Å². The molecule has 2 N–H and O–H groups in total. The number of benzene rings is 1. The Balaban J connectivity index is 0.00000361. The number of hydrogen-bond donors (Lipinski definition) is 2. The van der Waals surface area contributed by atoms with Gasteiger partial charge in [-0.25, -0.2) is 4.39 Å². The molecular formula is C14H22ClFN2O2. The van der Waals surface area contributed by atoms with Crippen molar-refractivity contribution in [3.8, 4) is 5.75 Å². The van der Waals surface area contributed by atoms with Gasteiger partial charge in [0, 0.05) is 6.54 Å². The SMILES string of the molecule is CCC(Oc1ccccc1F)C(=O)NCCCNC.Cl. The lowest BCUT2D eigenvalue weighted by Crippen LogP contribution is -2.39. The Morgan fingerprint density at radius 1 is 1.35 bits per heavy atom. The first-order valence-electron chi connectivity index (χ1n) is 6.52. The van der Waals surface area contributed by atoms with Crippen molar-refractivity contribution in [3.05, 3.63) is 30.1 Å². The van der Waals surface area contributed by atoms with Crippen LogP contribution in [-0.2, 0) is 4.79 Å². The van der Waals surface area contributed by atoms with E-state index >= 15 is 0 Å². The van der Waals surface area contributed by atoms with Gasteiger partial charge in [0.25, 0.3) is 5.91 Å². The lowest BCUT2D eigenvalue weighted by atomic mass is 10.2. The van der Waals surface area contributed by atoms with Crippen molar-refractivity contribution < 1.29 is 13.9 Å². The summed E-state index contributed by atoms with van der Waals surface area (Å²) in [5.74, 6) is -0.550. The second kappa shape index (κ2) is 10.5. The molecule has 0 bridgehead atoms. The van der Waals surface area contributed by atoms with Gasteiger partial charge in [-0.3, -0.25) is 4.79 Å². The fourth-order valence-corrected chi connectivity index (χ4v) is 1.61. The van der Waals surface area contributed by atoms with E-state index in [4.69, 9.17) is 4.74 Å². The predicted octanol–water partition coefficient (Wildman–Crippen LogP) is 2.13. The molecule has 0 aliphatic heterocycles. The minimum absolute atomic E-state index is 0. The van der Waals surface area contributed by atoms with Crippen LogP contribution in [0.15, 0.2) is 24.3 Å². The Morgan fingerprint density at radius 3 is 2.65 bits per heavy atom. The maximum Gasteiger partial charge on any atom is 0.261 e. The van der Waals surface area contributed by atoms with Gasteiger partial charge >= 0.3 is 0 Å². The standard InChI is InChI=1S/C14H21FN2O2.ClH/c1-3-12(14(18)17-10-6-9-16-2)19-13-8-5-4-7-11(13)15;/h4-5,7-8,12,16H,3,6,9-10H2,1-2H3,(H,17,18);1H. The molecule has 0 saturated carbocycles. The highest BCUT2D eigenvalue weighted by atomic mass is 35.5. The van der Waals surface area contributed by atoms with Crippen molar-refractivity contribution in [1.29, 1.82) is 0 Å². The zero-order valence-electron chi connectivity index (χ0n) is 11.8. The van der Waals surface area contributed by atoms with Crippen LogP contribution in [-0.4, -0.2) is 32.1 Å². The molecule has 1 amide bonds. The first kappa shape index (κ1) is 18.7. The van der Waals surface area contributed by atoms with E-state index in [-0.39, 0.29) is 24.1 Å². The minimum atomic E-state index is -0.661. The molecule has 1 atom stereocenters. The van der Waals surface area contributed by atoms with Crippen molar-refractivity contribution in [2.75, 3.05) is 20.1 Å². The average Bonchev–Trinajstić information content (AvgIpc) is 2.42. The highest BCUT2D eigenvalue weighted by Crippen LogP contribution is 2.18. The number of carbonyl (C=O) groups is 1. The number of carbonyl (C=O) groups excluding carboxylic acids is 1. The third-order valence-electron chi connectivity index (χ3n) is 2.67. The van der Waals surface area contributed by atoms with Gasteiger partial charge in [0.2, 0.25) is 0 Å². The molecule has 0 saturated heterocycles. The molecule has 0 aromatic heterocycles. The van der Waals surface area contributed by atoms with Gasteiger partial charge in [0.05, 0.1) is 0 Å². The quantitative estimate of drug-likeness (QED) is 0.723. The summed E-state index contributed by atoms with van der Waals surface area (Å²) in [5, 5.41) is 5.78. The Bertz CT molecular complexity index is 405. The zero-order chi connectivity index (χ0) is 14.1. The van der Waals surface area contributed by atoms with Crippen LogP contribution >= 0.6 is 12.4 Å². The monoisotopic (exact) mass is 304 g/mol. The van der Waals surface area contributed by atoms with Crippen LogP contribution in [0.5, 0.6) is 5.75 Å². The number of halogens is 2. The van der Waals surface area contributed by atoms with Gasteiger partial charge in [-0.1, -0.05) is 19.1 Å². The Kier molecular flexibility index (Phi) is 9.76. The molecule has 0 fully saturated rings. The molecule has 0 aliphatic rings. The summed E-state index contributed by atoms with van der Waals surface area (Å²) in [6, 6.07) is 6.09. The first-order chi connectivity index (χ1) is 9.19. The second-order valence-electron chi connectivity index (χ2n) is 4.19. The summed E-state index contributed by atoms with van der Waals surface area (Å²) in [7, 11) is 1.86. The third kappa shape index (κ3) is 6.21. The van der Waals surface area contributed by atoms with Crippen LogP contribution < -0.4 is 15.4 Å². The van der Waals surface area contributed by atoms with Crippen LogP contribution in [0, 0.1) is 5.82 Å². The average molecular weight is 305 g/mol. The zero-order valence-corrected chi connectivity index (χ0v) is 12.6. The highest BCUT2D eigenvalue weighted by molar-refractivity contribution is 5.85. The Hall–Kier alpha value is -1.33. The number of ether oxygens (including phenoxy) is 1. The van der Waals surface area contributed by atoms with E-state index in [1.54, 1.807) is 12.1 Å². The van der Waals surface area contributed by atoms with Crippen molar-refractivity contribution in [2.24, 2.45) is 0 Å². The Labute approximate surface area is 125 Å². The highest BCUT2D eigenvalue weighted by Gasteiger charge is 2.19. The maximum absolute atomic E-state index is 13.4. The van der Waals surface area contributed by atoms with Crippen LogP contribution in [0.25, 0.3) is 0 Å². The van der Waals surface area contributed by atoms with Gasteiger partial charge < -0.3 is 15.4 Å². The van der Waals surface area contributed by atoms with Crippen LogP contribution in [0.3, 0.4) is 0 Å². The molecule has 114 valence electrons. The molecule has 1 rings (SSSR count). The Morgan fingerprint density at radius 2 is 2.05 bits per heavy atom. The van der Waals surface area contributed by atoms with Crippen LogP contribution in [0.1, 0.15) is 19.8 Å². The fraction of sp³-hybridized carbons (Fsp3) is 0.500. The third-order valence-corrected chi connectivity index (χ3v) is 2.67. The van der Waals surface area contributed by atoms with E-state index < -0.39 is 11.9 Å². The summed E-state index contributed by atoms with van der Waals surface area (Å²) >= 11 is 0. The molecule has 0 aliphatic carbocycles. The number of nitrogens with one attached hydrogen (secondary N) is 2. The maximum atomic E-state index is 13.4. The summed E-state index contributed by atoms with van der Waals surface area (Å²) in [4.78, 5) is 11.9. The number of para-hydroxylation sites is 1. The molecule has 0 spiro atoms. The molecule has 0 heterocycles. The van der Waals surface area contributed by atoms with Gasteiger partial charge in [0.1, 0.15) is 0 Å². The van der Waals surface area contributed by atoms with Crippen molar-refractivity contribution in [1.82, 2.24) is 10.6 Å². The molecular weight excluding hydrogens is 283 g/mol. The van der Waals surface area contributed by atoms with E-state index in [9.17, 15) is 9.18 Å². The topological polar surface area (TPSA) is 50.4 Å². The van der Waals surface area contributed by atoms with E-state index in [0.717, 1.165) is 13.0 Å². The largest absolute Gasteiger partial charge is 0.478 e.